The van der Waals surface area contributed by atoms with Crippen molar-refractivity contribution >= 4 is 23.9 Å². The molecule has 2 nitrogen and oxygen atoms in total. The summed E-state index contributed by atoms with van der Waals surface area (Å²) in [6, 6.07) is 5.99. The lowest BCUT2D eigenvalue weighted by atomic mass is 9.63. The Balaban J connectivity index is 0.00000200. The van der Waals surface area contributed by atoms with Gasteiger partial charge in [-0.05, 0) is 40.4 Å². The van der Waals surface area contributed by atoms with Gasteiger partial charge in [0.15, 0.2) is 0 Å². The van der Waals surface area contributed by atoms with Gasteiger partial charge in [0.25, 0.3) is 0 Å². The molecule has 20 heavy (non-hydrogen) atoms. The number of carbonyl (C=O) groups is 1. The largest absolute Gasteiger partial charge is 0.478 e. The highest BCUT2D eigenvalue weighted by Crippen LogP contribution is 2.46. The zero-order valence-corrected chi connectivity index (χ0v) is 13.4. The van der Waals surface area contributed by atoms with Crippen LogP contribution in [-0.4, -0.2) is 11.1 Å². The molecule has 0 aromatic heterocycles. The van der Waals surface area contributed by atoms with Gasteiger partial charge in [0.2, 0.25) is 0 Å². The second-order valence-corrected chi connectivity index (χ2v) is 6.81. The van der Waals surface area contributed by atoms with Crippen LogP contribution in [0.2, 0.25) is 0 Å². The SMILES string of the molecule is C=C(C(=O)O)c1ccc2c(c1)C(C)(C)CCC2(C)C.Cl. The molecule has 0 amide bonds. The van der Waals surface area contributed by atoms with E-state index in [0.29, 0.717) is 0 Å². The van der Waals surface area contributed by atoms with Gasteiger partial charge in [0, 0.05) is 0 Å². The molecule has 0 saturated heterocycles. The van der Waals surface area contributed by atoms with E-state index in [9.17, 15) is 4.79 Å². The van der Waals surface area contributed by atoms with Crippen molar-refractivity contribution in [2.75, 3.05) is 0 Å². The second-order valence-electron chi connectivity index (χ2n) is 6.81. The lowest BCUT2D eigenvalue weighted by molar-refractivity contribution is -0.130. The predicted octanol–water partition coefficient (Wildman–Crippen LogP) is 4.56. The smallest absolute Gasteiger partial charge is 0.335 e. The van der Waals surface area contributed by atoms with Crippen LogP contribution in [0.15, 0.2) is 24.8 Å². The van der Waals surface area contributed by atoms with Crippen molar-refractivity contribution in [3.05, 3.63) is 41.5 Å². The number of rotatable bonds is 2. The topological polar surface area (TPSA) is 37.3 Å². The quantitative estimate of drug-likeness (QED) is 0.812. The number of fused-ring (bicyclic) bond motifs is 1. The first-order chi connectivity index (χ1) is 8.65. The van der Waals surface area contributed by atoms with E-state index in [1.54, 1.807) is 0 Å². The maximum absolute atomic E-state index is 11.1. The van der Waals surface area contributed by atoms with Gasteiger partial charge < -0.3 is 5.11 Å². The number of carboxylic acids is 1. The Bertz CT molecular complexity index is 556. The van der Waals surface area contributed by atoms with E-state index in [1.165, 1.54) is 11.1 Å². The monoisotopic (exact) mass is 294 g/mol. The molecule has 110 valence electrons. The van der Waals surface area contributed by atoms with Crippen LogP contribution in [0, 0.1) is 0 Å². The number of hydrogen-bond acceptors (Lipinski definition) is 1. The Morgan fingerprint density at radius 1 is 1.10 bits per heavy atom. The minimum absolute atomic E-state index is 0. The van der Waals surface area contributed by atoms with Crippen LogP contribution in [0.3, 0.4) is 0 Å². The average Bonchev–Trinajstić information content (AvgIpc) is 2.33. The second kappa shape index (κ2) is 5.25. The van der Waals surface area contributed by atoms with Crippen LogP contribution in [0.5, 0.6) is 0 Å². The molecule has 1 aromatic rings. The molecule has 0 spiro atoms. The lowest BCUT2D eigenvalue weighted by Gasteiger charge is -2.42. The number of halogens is 1. The number of carboxylic acid groups (broad SMARTS) is 1. The summed E-state index contributed by atoms with van der Waals surface area (Å²) in [7, 11) is 0. The zero-order chi connectivity index (χ0) is 14.4. The molecule has 2 rings (SSSR count). The Kier molecular flexibility index (Phi) is 4.40. The van der Waals surface area contributed by atoms with Gasteiger partial charge in [-0.3, -0.25) is 0 Å². The van der Waals surface area contributed by atoms with Crippen LogP contribution in [0.25, 0.3) is 5.57 Å². The van der Waals surface area contributed by atoms with Gasteiger partial charge in [0.1, 0.15) is 0 Å². The predicted molar refractivity (Wildman–Crippen MR) is 85.6 cm³/mol. The first-order valence-electron chi connectivity index (χ1n) is 6.73. The molecule has 0 radical (unpaired) electrons. The third-order valence-electron chi connectivity index (χ3n) is 4.46. The van der Waals surface area contributed by atoms with Gasteiger partial charge in [-0.25, -0.2) is 4.79 Å². The molecule has 0 unspecified atom stereocenters. The maximum atomic E-state index is 11.1. The summed E-state index contributed by atoms with van der Waals surface area (Å²) in [5, 5.41) is 9.07. The Morgan fingerprint density at radius 2 is 1.60 bits per heavy atom. The molecule has 0 bridgehead atoms. The average molecular weight is 295 g/mol. The van der Waals surface area contributed by atoms with Crippen LogP contribution in [-0.2, 0) is 15.6 Å². The molecule has 0 saturated carbocycles. The maximum Gasteiger partial charge on any atom is 0.335 e. The van der Waals surface area contributed by atoms with E-state index in [-0.39, 0.29) is 28.8 Å². The minimum atomic E-state index is -0.951. The number of hydrogen-bond donors (Lipinski definition) is 1. The number of aliphatic carboxylic acids is 1. The first kappa shape index (κ1) is 16.8. The molecular weight excluding hydrogens is 272 g/mol. The molecule has 1 aromatic carbocycles. The zero-order valence-electron chi connectivity index (χ0n) is 12.6. The minimum Gasteiger partial charge on any atom is -0.478 e. The molecule has 1 aliphatic rings. The molecular formula is C17H23ClO2. The van der Waals surface area contributed by atoms with Crippen molar-refractivity contribution in [3.8, 4) is 0 Å². The van der Waals surface area contributed by atoms with E-state index in [0.717, 1.165) is 18.4 Å². The Labute approximate surface area is 127 Å². The van der Waals surface area contributed by atoms with Crippen LogP contribution < -0.4 is 0 Å². The van der Waals surface area contributed by atoms with Crippen molar-refractivity contribution in [2.24, 2.45) is 0 Å². The van der Waals surface area contributed by atoms with Crippen molar-refractivity contribution in [1.29, 1.82) is 0 Å². The fourth-order valence-corrected chi connectivity index (χ4v) is 2.90. The van der Waals surface area contributed by atoms with Crippen LogP contribution >= 0.6 is 12.4 Å². The molecule has 0 atom stereocenters. The van der Waals surface area contributed by atoms with Gasteiger partial charge >= 0.3 is 5.97 Å². The van der Waals surface area contributed by atoms with Crippen LogP contribution in [0.1, 0.15) is 57.2 Å². The third-order valence-corrected chi connectivity index (χ3v) is 4.46. The summed E-state index contributed by atoms with van der Waals surface area (Å²) in [5.74, 6) is -0.951. The first-order valence-corrected chi connectivity index (χ1v) is 6.73. The number of benzene rings is 1. The van der Waals surface area contributed by atoms with Crippen molar-refractivity contribution in [1.82, 2.24) is 0 Å². The fraction of sp³-hybridized carbons (Fsp3) is 0.471. The molecule has 0 aliphatic heterocycles. The van der Waals surface area contributed by atoms with Crippen LogP contribution in [0.4, 0.5) is 0 Å². The standard InChI is InChI=1S/C17H22O2.ClH/c1-11(15(18)19)12-6-7-13-14(10-12)17(4,5)9-8-16(13,2)3;/h6-7,10H,1,8-9H2,2-5H3,(H,18,19);1H. The molecule has 0 heterocycles. The molecule has 3 heteroatoms. The van der Waals surface area contributed by atoms with Gasteiger partial charge in [-0.2, -0.15) is 0 Å². The van der Waals surface area contributed by atoms with Crippen molar-refractivity contribution < 1.29 is 9.90 Å². The van der Waals surface area contributed by atoms with Gasteiger partial charge in [0.05, 0.1) is 5.57 Å². The highest BCUT2D eigenvalue weighted by Gasteiger charge is 2.37. The summed E-state index contributed by atoms with van der Waals surface area (Å²) < 4.78 is 0. The van der Waals surface area contributed by atoms with Gasteiger partial charge in [-0.1, -0.05) is 52.5 Å². The summed E-state index contributed by atoms with van der Waals surface area (Å²) >= 11 is 0. The summed E-state index contributed by atoms with van der Waals surface area (Å²) in [5.41, 5.74) is 3.75. The van der Waals surface area contributed by atoms with Crippen molar-refractivity contribution in [3.63, 3.8) is 0 Å². The van der Waals surface area contributed by atoms with E-state index in [1.807, 2.05) is 12.1 Å². The summed E-state index contributed by atoms with van der Waals surface area (Å²) in [6.45, 7) is 12.6. The van der Waals surface area contributed by atoms with E-state index < -0.39 is 5.97 Å². The van der Waals surface area contributed by atoms with E-state index >= 15 is 0 Å². The van der Waals surface area contributed by atoms with Gasteiger partial charge in [-0.15, -0.1) is 12.4 Å². The van der Waals surface area contributed by atoms with E-state index in [2.05, 4.69) is 40.3 Å². The van der Waals surface area contributed by atoms with Crippen molar-refractivity contribution in [2.45, 2.75) is 51.4 Å². The fourth-order valence-electron chi connectivity index (χ4n) is 2.90. The Morgan fingerprint density at radius 3 is 2.10 bits per heavy atom. The van der Waals surface area contributed by atoms with E-state index in [4.69, 9.17) is 5.11 Å². The highest BCUT2D eigenvalue weighted by molar-refractivity contribution is 6.14. The summed E-state index contributed by atoms with van der Waals surface area (Å²) in [4.78, 5) is 11.1. The highest BCUT2D eigenvalue weighted by atomic mass is 35.5. The third kappa shape index (κ3) is 2.76. The lowest BCUT2D eigenvalue weighted by Crippen LogP contribution is -2.33. The summed E-state index contributed by atoms with van der Waals surface area (Å²) in [6.07, 6.45) is 2.28. The molecule has 0 fully saturated rings. The molecule has 1 aliphatic carbocycles. The normalized spacial score (nSPS) is 18.6. The Hall–Kier alpha value is -1.28. The molecule has 1 N–H and O–H groups in total.